The number of Topliss-reactive ketones (excluding diaryl/α,β-unsaturated/α-hetero) is 1. The second kappa shape index (κ2) is 11.9. The average molecular weight is 776 g/mol. The number of imide groups is 1. The molecule has 242 valence electrons. The van der Waals surface area contributed by atoms with Crippen LogP contribution in [0.1, 0.15) is 36.6 Å². The molecule has 0 N–H and O–H groups in total. The second-order valence-corrected chi connectivity index (χ2v) is 14.8. The first kappa shape index (κ1) is 34.1. The van der Waals surface area contributed by atoms with Crippen LogP contribution < -0.4 is 4.74 Å². The molecule has 2 bridgehead atoms. The molecule has 15 heteroatoms. The number of carbonyl (C=O) groups is 5. The van der Waals surface area contributed by atoms with Gasteiger partial charge >= 0.3 is 5.97 Å². The number of aryl methyl sites for hydroxylation is 1. The van der Waals surface area contributed by atoms with Gasteiger partial charge in [0.05, 0.1) is 38.0 Å². The fourth-order valence-electron chi connectivity index (χ4n) is 6.02. The number of nitrogens with zero attached hydrogens (tertiary/aromatic N) is 2. The van der Waals surface area contributed by atoms with E-state index in [-0.39, 0.29) is 32.0 Å². The lowest BCUT2D eigenvalue weighted by Gasteiger charge is -2.36. The molecule has 0 aromatic heterocycles. The maximum atomic E-state index is 14.1. The number of amides is 3. The number of benzene rings is 3. The summed E-state index contributed by atoms with van der Waals surface area (Å²) >= 11 is 45.9. The minimum Gasteiger partial charge on any atom is -0.423 e. The van der Waals surface area contributed by atoms with E-state index >= 15 is 0 Å². The molecule has 2 aliphatic carbocycles. The Morgan fingerprint density at radius 2 is 1.28 bits per heavy atom. The number of esters is 1. The summed E-state index contributed by atoms with van der Waals surface area (Å²) in [5, 5.41) is 0.517. The zero-order chi connectivity index (χ0) is 34.2. The van der Waals surface area contributed by atoms with Gasteiger partial charge in [0.15, 0.2) is 10.1 Å². The number of fused-ring (bicyclic) bond motifs is 5. The van der Waals surface area contributed by atoms with Crippen molar-refractivity contribution < 1.29 is 28.7 Å². The van der Waals surface area contributed by atoms with Gasteiger partial charge in [-0.25, -0.2) is 9.80 Å². The number of ether oxygens (including phenoxy) is 1. The van der Waals surface area contributed by atoms with Gasteiger partial charge in [-0.05, 0) is 55.5 Å². The van der Waals surface area contributed by atoms with Crippen molar-refractivity contribution in [1.29, 1.82) is 0 Å². The maximum Gasteiger partial charge on any atom is 0.343 e. The highest BCUT2D eigenvalue weighted by molar-refractivity contribution is 6.66. The van der Waals surface area contributed by atoms with Crippen molar-refractivity contribution in [1.82, 2.24) is 10.0 Å². The molecule has 47 heavy (non-hydrogen) atoms. The van der Waals surface area contributed by atoms with Crippen molar-refractivity contribution in [2.45, 2.75) is 21.0 Å². The van der Waals surface area contributed by atoms with E-state index in [0.29, 0.717) is 15.6 Å². The molecule has 1 saturated carbocycles. The van der Waals surface area contributed by atoms with Crippen molar-refractivity contribution in [3.05, 3.63) is 110 Å². The third-order valence-electron chi connectivity index (χ3n) is 8.43. The van der Waals surface area contributed by atoms with E-state index in [1.165, 1.54) is 42.5 Å². The van der Waals surface area contributed by atoms with Gasteiger partial charge in [-0.1, -0.05) is 87.8 Å². The molecule has 6 rings (SSSR count). The fraction of sp³-hybridized carbons (Fsp3) is 0.219. The summed E-state index contributed by atoms with van der Waals surface area (Å²) in [7, 11) is 0. The van der Waals surface area contributed by atoms with E-state index in [9.17, 15) is 24.0 Å². The first-order valence-corrected chi connectivity index (χ1v) is 16.4. The normalized spacial score (nSPS) is 25.7. The van der Waals surface area contributed by atoms with Crippen LogP contribution >= 0.6 is 81.2 Å². The average Bonchev–Trinajstić information content (AvgIpc) is 3.43. The summed E-state index contributed by atoms with van der Waals surface area (Å²) in [6, 6.07) is 18.1. The van der Waals surface area contributed by atoms with E-state index in [0.717, 1.165) is 5.56 Å². The summed E-state index contributed by atoms with van der Waals surface area (Å²) < 4.78 is 3.20. The molecule has 3 aromatic carbocycles. The third-order valence-corrected chi connectivity index (χ3v) is 13.0. The monoisotopic (exact) mass is 772 g/mol. The number of alkyl halides is 4. The van der Waals surface area contributed by atoms with Gasteiger partial charge in [-0.15, -0.1) is 23.2 Å². The zero-order valence-electron chi connectivity index (χ0n) is 23.8. The Hall–Kier alpha value is -2.82. The number of ketones is 1. The van der Waals surface area contributed by atoms with Crippen LogP contribution in [0.2, 0.25) is 5.02 Å². The highest BCUT2D eigenvalue weighted by atomic mass is 35.5. The lowest BCUT2D eigenvalue weighted by atomic mass is 9.84. The topological polar surface area (TPSA) is 101 Å². The molecule has 0 unspecified atom stereocenters. The van der Waals surface area contributed by atoms with E-state index in [4.69, 9.17) is 85.9 Å². The Morgan fingerprint density at radius 3 is 1.81 bits per heavy atom. The summed E-state index contributed by atoms with van der Waals surface area (Å²) in [5.74, 6) is -7.25. The van der Waals surface area contributed by atoms with E-state index < -0.39 is 61.9 Å². The molecule has 1 heterocycles. The Labute approximate surface area is 302 Å². The van der Waals surface area contributed by atoms with E-state index in [2.05, 4.69) is 0 Å². The van der Waals surface area contributed by atoms with Gasteiger partial charge in [0.2, 0.25) is 0 Å². The number of hydrogen-bond acceptors (Lipinski definition) is 6. The minimum absolute atomic E-state index is 0.00929. The number of allylic oxidation sites excluding steroid dienone is 2. The first-order valence-electron chi connectivity index (χ1n) is 13.8. The lowest BCUT2D eigenvalue weighted by molar-refractivity contribution is -0.154. The Bertz CT molecular complexity index is 1870. The Kier molecular flexibility index (Phi) is 8.66. The van der Waals surface area contributed by atoms with E-state index in [1.54, 1.807) is 30.3 Å². The molecule has 1 saturated heterocycles. The molecular formula is C32H19Cl7N2O6. The van der Waals surface area contributed by atoms with Crippen LogP contribution in [0.5, 0.6) is 5.75 Å². The number of carbonyl (C=O) groups excluding carboxylic acids is 5. The van der Waals surface area contributed by atoms with Crippen molar-refractivity contribution in [2.75, 3.05) is 6.54 Å². The molecule has 3 aliphatic rings. The second-order valence-electron chi connectivity index (χ2n) is 11.1. The highest BCUT2D eigenvalue weighted by Crippen LogP contribution is 2.77. The lowest BCUT2D eigenvalue weighted by Crippen LogP contribution is -2.56. The summed E-state index contributed by atoms with van der Waals surface area (Å²) in [4.78, 5) is 64.0. The number of hydrogen-bond donors (Lipinski definition) is 0. The minimum atomic E-state index is -2.19. The van der Waals surface area contributed by atoms with Crippen LogP contribution in [0.15, 0.2) is 82.9 Å². The summed E-state index contributed by atoms with van der Waals surface area (Å²) in [5.41, 5.74) is 1.25. The smallest absolute Gasteiger partial charge is 0.343 e. The van der Waals surface area contributed by atoms with Gasteiger partial charge in [-0.2, -0.15) is 5.01 Å². The van der Waals surface area contributed by atoms with Crippen LogP contribution in [-0.2, 0) is 9.59 Å². The van der Waals surface area contributed by atoms with Crippen LogP contribution in [0.25, 0.3) is 0 Å². The van der Waals surface area contributed by atoms with Crippen molar-refractivity contribution in [3.8, 4) is 5.75 Å². The fourth-order valence-corrected chi connectivity index (χ4v) is 9.16. The molecule has 0 radical (unpaired) electrons. The van der Waals surface area contributed by atoms with Crippen molar-refractivity contribution in [2.24, 2.45) is 11.8 Å². The first-order chi connectivity index (χ1) is 22.1. The summed E-state index contributed by atoms with van der Waals surface area (Å²) in [6.45, 7) is 1.07. The van der Waals surface area contributed by atoms with Crippen LogP contribution in [0.3, 0.4) is 0 Å². The van der Waals surface area contributed by atoms with Crippen LogP contribution in [0.4, 0.5) is 0 Å². The quantitative estimate of drug-likeness (QED) is 0.0808. The van der Waals surface area contributed by atoms with Gasteiger partial charge in [0, 0.05) is 5.56 Å². The summed E-state index contributed by atoms with van der Waals surface area (Å²) in [6.07, 6.45) is 0. The zero-order valence-corrected chi connectivity index (χ0v) is 29.1. The van der Waals surface area contributed by atoms with E-state index in [1.807, 2.05) is 6.92 Å². The van der Waals surface area contributed by atoms with Gasteiger partial charge < -0.3 is 4.74 Å². The standard InChI is InChI=1S/C32H19Cl7N2O6/c1-15-6-8-17(9-7-15)29(46)47-18-12-10-16(11-13-18)21(42)14-40(26(43)19-4-2-3-5-20(19)33)41-27(44)22-23(28(41)45)31(37)25(35)24(34)30(22,36)32(31,38)39/h2-13,22-23H,14H2,1H3/t22-,23-,30-,31-/m1/s1. The molecule has 0 spiro atoms. The predicted octanol–water partition coefficient (Wildman–Crippen LogP) is 7.55. The van der Waals surface area contributed by atoms with Crippen molar-refractivity contribution in [3.63, 3.8) is 0 Å². The number of hydrazine groups is 1. The molecule has 3 aromatic rings. The molecule has 3 amide bonds. The van der Waals surface area contributed by atoms with Crippen LogP contribution in [0, 0.1) is 18.8 Å². The molecule has 1 aliphatic heterocycles. The molecular weight excluding hydrogens is 757 g/mol. The molecule has 8 nitrogen and oxygen atoms in total. The van der Waals surface area contributed by atoms with Crippen LogP contribution in [-0.4, -0.2) is 60.1 Å². The molecule has 4 atom stereocenters. The molecule has 2 fully saturated rings. The third kappa shape index (κ3) is 4.91. The predicted molar refractivity (Wildman–Crippen MR) is 179 cm³/mol. The Balaban J connectivity index is 1.31. The number of rotatable bonds is 7. The maximum absolute atomic E-state index is 14.1. The van der Waals surface area contributed by atoms with Crippen molar-refractivity contribution >= 4 is 111 Å². The SMILES string of the molecule is Cc1ccc(C(=O)Oc2ccc(C(=O)CN(C(=O)c3ccccc3Cl)N3C(=O)[C@H]4[C@H](C3=O)[C@@]3(Cl)C(Cl)=C(Cl)[C@@]4(Cl)C3(Cl)Cl)cc2)cc1. The Morgan fingerprint density at radius 1 is 0.766 bits per heavy atom. The van der Waals surface area contributed by atoms with Gasteiger partial charge in [-0.3, -0.25) is 19.2 Å². The van der Waals surface area contributed by atoms with Gasteiger partial charge in [0.1, 0.15) is 22.0 Å². The van der Waals surface area contributed by atoms with Gasteiger partial charge in [0.25, 0.3) is 17.7 Å². The largest absolute Gasteiger partial charge is 0.423 e. The highest BCUT2D eigenvalue weighted by Gasteiger charge is 2.88. The number of halogens is 7.